The first kappa shape index (κ1) is 12.6. The molecular weight excluding hydrogens is 246 g/mol. The van der Waals surface area contributed by atoms with Gasteiger partial charge in [-0.15, -0.1) is 0 Å². The van der Waals surface area contributed by atoms with E-state index in [0.29, 0.717) is 11.4 Å². The number of carbonyl (C=O) groups is 1. The number of H-pyrrole nitrogens is 1. The SMILES string of the molecule is Cc1ccc(NC(=O)Nc2ccc(=O)[nH]n2)c(N)c1. The van der Waals surface area contributed by atoms with Gasteiger partial charge in [0.1, 0.15) is 0 Å². The van der Waals surface area contributed by atoms with Crippen LogP contribution in [0.1, 0.15) is 5.56 Å². The van der Waals surface area contributed by atoms with Gasteiger partial charge in [-0.2, -0.15) is 5.10 Å². The van der Waals surface area contributed by atoms with Gasteiger partial charge in [0.25, 0.3) is 5.56 Å². The Morgan fingerprint density at radius 2 is 2.05 bits per heavy atom. The van der Waals surface area contributed by atoms with E-state index in [0.717, 1.165) is 5.56 Å². The van der Waals surface area contributed by atoms with Crippen molar-refractivity contribution in [2.45, 2.75) is 6.92 Å². The zero-order valence-electron chi connectivity index (χ0n) is 10.2. The summed E-state index contributed by atoms with van der Waals surface area (Å²) in [5.41, 5.74) is 7.43. The van der Waals surface area contributed by atoms with E-state index in [9.17, 15) is 9.59 Å². The first-order valence-electron chi connectivity index (χ1n) is 5.54. The van der Waals surface area contributed by atoms with Crippen LogP contribution in [0.4, 0.5) is 22.0 Å². The van der Waals surface area contributed by atoms with Crippen LogP contribution in [0.3, 0.4) is 0 Å². The second-order valence-corrected chi connectivity index (χ2v) is 3.98. The van der Waals surface area contributed by atoms with Crippen molar-refractivity contribution in [2.75, 3.05) is 16.4 Å². The summed E-state index contributed by atoms with van der Waals surface area (Å²) in [6.45, 7) is 1.91. The number of anilines is 3. The van der Waals surface area contributed by atoms with Crippen LogP contribution >= 0.6 is 0 Å². The first-order valence-corrected chi connectivity index (χ1v) is 5.54. The van der Waals surface area contributed by atoms with E-state index in [1.807, 2.05) is 13.0 Å². The van der Waals surface area contributed by atoms with Crippen LogP contribution in [0, 0.1) is 6.92 Å². The third-order valence-electron chi connectivity index (χ3n) is 2.38. The Labute approximate surface area is 108 Å². The van der Waals surface area contributed by atoms with Gasteiger partial charge in [-0.1, -0.05) is 6.07 Å². The van der Waals surface area contributed by atoms with Gasteiger partial charge in [-0.3, -0.25) is 10.1 Å². The number of nitrogens with one attached hydrogen (secondary N) is 3. The molecule has 7 nitrogen and oxygen atoms in total. The summed E-state index contributed by atoms with van der Waals surface area (Å²) < 4.78 is 0. The molecule has 1 aromatic carbocycles. The summed E-state index contributed by atoms with van der Waals surface area (Å²) in [4.78, 5) is 22.5. The largest absolute Gasteiger partial charge is 0.397 e. The molecule has 0 bridgehead atoms. The number of aromatic amines is 1. The molecule has 0 aliphatic carbocycles. The lowest BCUT2D eigenvalue weighted by atomic mass is 10.2. The molecule has 1 aromatic heterocycles. The molecule has 0 saturated heterocycles. The zero-order chi connectivity index (χ0) is 13.8. The van der Waals surface area contributed by atoms with E-state index < -0.39 is 6.03 Å². The van der Waals surface area contributed by atoms with Gasteiger partial charge >= 0.3 is 6.03 Å². The summed E-state index contributed by atoms with van der Waals surface area (Å²) in [6, 6.07) is 7.48. The van der Waals surface area contributed by atoms with Crippen LogP contribution in [-0.2, 0) is 0 Å². The summed E-state index contributed by atoms with van der Waals surface area (Å²) in [6.07, 6.45) is 0. The molecule has 2 aromatic rings. The molecule has 98 valence electrons. The molecule has 0 aliphatic heterocycles. The van der Waals surface area contributed by atoms with E-state index in [-0.39, 0.29) is 11.4 Å². The number of nitrogen functional groups attached to an aromatic ring is 1. The second-order valence-electron chi connectivity index (χ2n) is 3.98. The van der Waals surface area contributed by atoms with Gasteiger partial charge in [-0.05, 0) is 30.7 Å². The number of nitrogens with zero attached hydrogens (tertiary/aromatic N) is 1. The minimum absolute atomic E-state index is 0.239. The van der Waals surface area contributed by atoms with Crippen molar-refractivity contribution in [2.24, 2.45) is 0 Å². The number of carbonyl (C=O) groups excluding carboxylic acids is 1. The fourth-order valence-corrected chi connectivity index (χ4v) is 1.48. The lowest BCUT2D eigenvalue weighted by molar-refractivity contribution is 0.262. The Kier molecular flexibility index (Phi) is 3.46. The minimum Gasteiger partial charge on any atom is -0.397 e. The molecular formula is C12H13N5O2. The van der Waals surface area contributed by atoms with E-state index >= 15 is 0 Å². The molecule has 0 unspecified atom stereocenters. The maximum atomic E-state index is 11.7. The Bertz CT molecular complexity index is 645. The molecule has 0 atom stereocenters. The second kappa shape index (κ2) is 5.21. The monoisotopic (exact) mass is 259 g/mol. The number of amides is 2. The van der Waals surface area contributed by atoms with Crippen LogP contribution in [-0.4, -0.2) is 16.2 Å². The van der Waals surface area contributed by atoms with Crippen LogP contribution < -0.4 is 21.9 Å². The molecule has 0 aliphatic rings. The maximum absolute atomic E-state index is 11.7. The number of aryl methyl sites for hydroxylation is 1. The van der Waals surface area contributed by atoms with E-state index in [1.165, 1.54) is 12.1 Å². The Morgan fingerprint density at radius 3 is 2.68 bits per heavy atom. The van der Waals surface area contributed by atoms with Crippen molar-refractivity contribution >= 4 is 23.2 Å². The molecule has 7 heteroatoms. The summed E-state index contributed by atoms with van der Waals surface area (Å²) in [7, 11) is 0. The van der Waals surface area contributed by atoms with Gasteiger partial charge < -0.3 is 11.1 Å². The molecule has 0 fully saturated rings. The highest BCUT2D eigenvalue weighted by Crippen LogP contribution is 2.19. The molecule has 2 amide bonds. The average molecular weight is 259 g/mol. The predicted octanol–water partition coefficient (Wildman–Crippen LogP) is 1.30. The standard InChI is InChI=1S/C12H13N5O2/c1-7-2-3-9(8(13)6-7)14-12(19)15-10-4-5-11(18)17-16-10/h2-6H,13H2,1H3,(H,17,18)(H2,14,15,16,19). The number of hydrogen-bond donors (Lipinski definition) is 4. The van der Waals surface area contributed by atoms with Crippen molar-refractivity contribution < 1.29 is 4.79 Å². The number of urea groups is 1. The molecule has 5 N–H and O–H groups in total. The van der Waals surface area contributed by atoms with Gasteiger partial charge in [0.15, 0.2) is 5.82 Å². The normalized spacial score (nSPS) is 9.95. The van der Waals surface area contributed by atoms with Crippen LogP contribution in [0.15, 0.2) is 35.1 Å². The molecule has 0 radical (unpaired) electrons. The Balaban J connectivity index is 2.05. The number of hydrogen-bond acceptors (Lipinski definition) is 4. The van der Waals surface area contributed by atoms with Gasteiger partial charge in [0.2, 0.25) is 0 Å². The molecule has 19 heavy (non-hydrogen) atoms. The topological polar surface area (TPSA) is 113 Å². The number of aromatic nitrogens is 2. The lowest BCUT2D eigenvalue weighted by Crippen LogP contribution is -2.22. The number of rotatable bonds is 2. The molecule has 2 rings (SSSR count). The number of nitrogens with two attached hydrogens (primary N) is 1. The molecule has 1 heterocycles. The van der Waals surface area contributed by atoms with Crippen molar-refractivity contribution in [3.63, 3.8) is 0 Å². The first-order chi connectivity index (χ1) is 9.04. The lowest BCUT2D eigenvalue weighted by Gasteiger charge is -2.09. The fraction of sp³-hybridized carbons (Fsp3) is 0.0833. The van der Waals surface area contributed by atoms with Gasteiger partial charge in [0, 0.05) is 6.07 Å². The van der Waals surface area contributed by atoms with Gasteiger partial charge in [-0.25, -0.2) is 9.89 Å². The van der Waals surface area contributed by atoms with Crippen molar-refractivity contribution in [3.8, 4) is 0 Å². The van der Waals surface area contributed by atoms with Crippen molar-refractivity contribution in [3.05, 3.63) is 46.2 Å². The van der Waals surface area contributed by atoms with Crippen molar-refractivity contribution in [1.82, 2.24) is 10.2 Å². The van der Waals surface area contributed by atoms with Crippen LogP contribution in [0.2, 0.25) is 0 Å². The van der Waals surface area contributed by atoms with E-state index in [1.54, 1.807) is 12.1 Å². The predicted molar refractivity (Wildman–Crippen MR) is 73.1 cm³/mol. The Morgan fingerprint density at radius 1 is 1.26 bits per heavy atom. The summed E-state index contributed by atoms with van der Waals surface area (Å²) >= 11 is 0. The highest BCUT2D eigenvalue weighted by atomic mass is 16.2. The third kappa shape index (κ3) is 3.32. The maximum Gasteiger partial charge on any atom is 0.324 e. The van der Waals surface area contributed by atoms with Gasteiger partial charge in [0.05, 0.1) is 11.4 Å². The smallest absolute Gasteiger partial charge is 0.324 e. The molecule has 0 saturated carbocycles. The van der Waals surface area contributed by atoms with Crippen LogP contribution in [0.5, 0.6) is 0 Å². The van der Waals surface area contributed by atoms with Crippen LogP contribution in [0.25, 0.3) is 0 Å². The molecule has 0 spiro atoms. The number of benzene rings is 1. The van der Waals surface area contributed by atoms with E-state index in [2.05, 4.69) is 20.8 Å². The van der Waals surface area contributed by atoms with Crippen molar-refractivity contribution in [1.29, 1.82) is 0 Å². The highest BCUT2D eigenvalue weighted by molar-refractivity contribution is 6.00. The Hall–Kier alpha value is -2.83. The summed E-state index contributed by atoms with van der Waals surface area (Å²) in [5, 5.41) is 10.9. The quantitative estimate of drug-likeness (QED) is 0.609. The average Bonchev–Trinajstić information content (AvgIpc) is 2.36. The minimum atomic E-state index is -0.491. The fourth-order valence-electron chi connectivity index (χ4n) is 1.48. The third-order valence-corrected chi connectivity index (χ3v) is 2.38. The van der Waals surface area contributed by atoms with E-state index in [4.69, 9.17) is 5.73 Å². The zero-order valence-corrected chi connectivity index (χ0v) is 10.2. The highest BCUT2D eigenvalue weighted by Gasteiger charge is 2.06. The summed E-state index contributed by atoms with van der Waals surface area (Å²) in [5.74, 6) is 0.239.